The molecule has 1 aliphatic heterocycles. The van der Waals surface area contributed by atoms with Gasteiger partial charge in [0, 0.05) is 43.9 Å². The number of carbonyl (C=O) groups excluding carboxylic acids is 2. The molecule has 0 aromatic carbocycles. The van der Waals surface area contributed by atoms with Crippen LogP contribution in [0, 0.1) is 11.8 Å². The van der Waals surface area contributed by atoms with E-state index in [2.05, 4.69) is 29.3 Å². The number of nitrogens with one attached hydrogen (secondary N) is 1. The van der Waals surface area contributed by atoms with Gasteiger partial charge in [0.05, 0.1) is 18.2 Å². The molecular weight excluding hydrogens is 356 g/mol. The molecule has 1 aliphatic rings. The van der Waals surface area contributed by atoms with E-state index in [0.717, 1.165) is 17.8 Å². The number of piperidine rings is 1. The summed E-state index contributed by atoms with van der Waals surface area (Å²) in [7, 11) is 0. The van der Waals surface area contributed by atoms with Crippen molar-refractivity contribution in [3.8, 4) is 0 Å². The van der Waals surface area contributed by atoms with E-state index in [1.54, 1.807) is 11.1 Å². The smallest absolute Gasteiger partial charge is 0.225 e. The van der Waals surface area contributed by atoms with Crippen molar-refractivity contribution in [3.05, 3.63) is 47.6 Å². The summed E-state index contributed by atoms with van der Waals surface area (Å²) in [6, 6.07) is 7.65. The van der Waals surface area contributed by atoms with Crippen LogP contribution in [-0.2, 0) is 29.0 Å². The molecule has 150 valence electrons. The molecular formula is C21H28N4O3. The second kappa shape index (κ2) is 9.48. The van der Waals surface area contributed by atoms with Gasteiger partial charge >= 0.3 is 0 Å². The topological polar surface area (TPSA) is 88.3 Å². The third-order valence-electron chi connectivity index (χ3n) is 4.90. The molecule has 0 saturated carbocycles. The Balaban J connectivity index is 1.48. The van der Waals surface area contributed by atoms with E-state index >= 15 is 0 Å². The quantitative estimate of drug-likeness (QED) is 0.755. The number of carbonyl (C=O) groups is 2. The van der Waals surface area contributed by atoms with Crippen molar-refractivity contribution in [1.82, 2.24) is 20.4 Å². The zero-order valence-electron chi connectivity index (χ0n) is 16.6. The highest BCUT2D eigenvalue weighted by Gasteiger charge is 2.30. The fraction of sp³-hybridized carbons (Fsp3) is 0.524. The van der Waals surface area contributed by atoms with E-state index in [0.29, 0.717) is 50.6 Å². The maximum absolute atomic E-state index is 12.6. The summed E-state index contributed by atoms with van der Waals surface area (Å²) in [6.07, 6.45) is 4.28. The highest BCUT2D eigenvalue weighted by Crippen LogP contribution is 2.18. The lowest BCUT2D eigenvalue weighted by Crippen LogP contribution is -2.46. The first-order chi connectivity index (χ1) is 13.5. The molecule has 3 rings (SSSR count). The van der Waals surface area contributed by atoms with Crippen molar-refractivity contribution >= 4 is 11.8 Å². The van der Waals surface area contributed by atoms with Crippen LogP contribution in [0.5, 0.6) is 0 Å². The van der Waals surface area contributed by atoms with Crippen LogP contribution >= 0.6 is 0 Å². The van der Waals surface area contributed by atoms with E-state index in [1.165, 1.54) is 0 Å². The maximum Gasteiger partial charge on any atom is 0.225 e. The first-order valence-electron chi connectivity index (χ1n) is 9.91. The van der Waals surface area contributed by atoms with Crippen molar-refractivity contribution in [2.45, 2.75) is 46.1 Å². The van der Waals surface area contributed by atoms with Gasteiger partial charge in [0.1, 0.15) is 0 Å². The highest BCUT2D eigenvalue weighted by molar-refractivity contribution is 5.83. The SMILES string of the molecule is CC(C)Cc1cc(CNC(=O)C2CCC(=O)N(CCc3ccccn3)C2)on1. The minimum absolute atomic E-state index is 0.0443. The van der Waals surface area contributed by atoms with Crippen LogP contribution in [0.2, 0.25) is 0 Å². The van der Waals surface area contributed by atoms with Gasteiger partial charge in [-0.15, -0.1) is 0 Å². The lowest BCUT2D eigenvalue weighted by atomic mass is 9.96. The fourth-order valence-corrected chi connectivity index (χ4v) is 3.41. The van der Waals surface area contributed by atoms with Crippen LogP contribution < -0.4 is 5.32 Å². The molecule has 7 nitrogen and oxygen atoms in total. The molecule has 0 spiro atoms. The van der Waals surface area contributed by atoms with Gasteiger partial charge < -0.3 is 14.7 Å². The Labute approximate surface area is 165 Å². The Morgan fingerprint density at radius 2 is 2.21 bits per heavy atom. The lowest BCUT2D eigenvalue weighted by Gasteiger charge is -2.31. The number of pyridine rings is 1. The molecule has 1 atom stereocenters. The summed E-state index contributed by atoms with van der Waals surface area (Å²) in [5, 5.41) is 6.96. The van der Waals surface area contributed by atoms with Gasteiger partial charge in [0.15, 0.2) is 5.76 Å². The van der Waals surface area contributed by atoms with E-state index in [-0.39, 0.29) is 17.7 Å². The predicted octanol–water partition coefficient (Wildman–Crippen LogP) is 2.37. The number of rotatable bonds is 8. The Bertz CT molecular complexity index is 788. The second-order valence-electron chi connectivity index (χ2n) is 7.75. The van der Waals surface area contributed by atoms with Gasteiger partial charge in [-0.05, 0) is 30.9 Å². The van der Waals surface area contributed by atoms with Gasteiger partial charge in [-0.25, -0.2) is 0 Å². The van der Waals surface area contributed by atoms with Crippen molar-refractivity contribution in [2.75, 3.05) is 13.1 Å². The largest absolute Gasteiger partial charge is 0.359 e. The molecule has 0 radical (unpaired) electrons. The normalized spacial score (nSPS) is 17.2. The molecule has 1 N–H and O–H groups in total. The zero-order chi connectivity index (χ0) is 19.9. The van der Waals surface area contributed by atoms with Gasteiger partial charge in [-0.1, -0.05) is 25.1 Å². The van der Waals surface area contributed by atoms with Crippen LogP contribution in [0.15, 0.2) is 35.0 Å². The van der Waals surface area contributed by atoms with Crippen molar-refractivity contribution < 1.29 is 14.1 Å². The summed E-state index contributed by atoms with van der Waals surface area (Å²) in [6.45, 7) is 5.61. The summed E-state index contributed by atoms with van der Waals surface area (Å²) in [4.78, 5) is 30.8. The number of aromatic nitrogens is 2. The van der Waals surface area contributed by atoms with Gasteiger partial charge in [0.25, 0.3) is 0 Å². The molecule has 1 saturated heterocycles. The number of likely N-dealkylation sites (tertiary alicyclic amines) is 1. The van der Waals surface area contributed by atoms with Crippen LogP contribution in [0.3, 0.4) is 0 Å². The number of amides is 2. The zero-order valence-corrected chi connectivity index (χ0v) is 16.6. The van der Waals surface area contributed by atoms with Crippen molar-refractivity contribution in [1.29, 1.82) is 0 Å². The molecule has 1 fully saturated rings. The molecule has 1 unspecified atom stereocenters. The molecule has 0 aliphatic carbocycles. The van der Waals surface area contributed by atoms with E-state index in [9.17, 15) is 9.59 Å². The molecule has 28 heavy (non-hydrogen) atoms. The number of hydrogen-bond acceptors (Lipinski definition) is 5. The number of hydrogen-bond donors (Lipinski definition) is 1. The second-order valence-corrected chi connectivity index (χ2v) is 7.75. The van der Waals surface area contributed by atoms with Gasteiger partial charge in [-0.3, -0.25) is 14.6 Å². The van der Waals surface area contributed by atoms with Gasteiger partial charge in [-0.2, -0.15) is 0 Å². The highest BCUT2D eigenvalue weighted by atomic mass is 16.5. The third kappa shape index (κ3) is 5.65. The van der Waals surface area contributed by atoms with E-state index in [1.807, 2.05) is 24.3 Å². The molecule has 7 heteroatoms. The minimum atomic E-state index is -0.195. The number of nitrogens with zero attached hydrogens (tertiary/aromatic N) is 3. The van der Waals surface area contributed by atoms with Crippen LogP contribution in [-0.4, -0.2) is 39.9 Å². The standard InChI is InChI=1S/C21H28N4O3/c1-15(2)11-18-12-19(28-24-18)13-23-21(27)16-6-7-20(26)25(14-16)10-8-17-5-3-4-9-22-17/h3-5,9,12,15-16H,6-8,10-11,13-14H2,1-2H3,(H,23,27). The Morgan fingerprint density at radius 3 is 2.96 bits per heavy atom. The average Bonchev–Trinajstić information content (AvgIpc) is 3.13. The first kappa shape index (κ1) is 20.0. The molecule has 2 aromatic rings. The lowest BCUT2D eigenvalue weighted by molar-refractivity contribution is -0.138. The third-order valence-corrected chi connectivity index (χ3v) is 4.90. The van der Waals surface area contributed by atoms with E-state index < -0.39 is 0 Å². The van der Waals surface area contributed by atoms with Crippen LogP contribution in [0.4, 0.5) is 0 Å². The van der Waals surface area contributed by atoms with Crippen molar-refractivity contribution in [2.24, 2.45) is 11.8 Å². The summed E-state index contributed by atoms with van der Waals surface area (Å²) < 4.78 is 5.29. The monoisotopic (exact) mass is 384 g/mol. The maximum atomic E-state index is 12.6. The minimum Gasteiger partial charge on any atom is -0.359 e. The van der Waals surface area contributed by atoms with Crippen LogP contribution in [0.25, 0.3) is 0 Å². The summed E-state index contributed by atoms with van der Waals surface area (Å²) >= 11 is 0. The fourth-order valence-electron chi connectivity index (χ4n) is 3.41. The summed E-state index contributed by atoms with van der Waals surface area (Å²) in [5.41, 5.74) is 1.85. The molecule has 2 amide bonds. The van der Waals surface area contributed by atoms with Crippen molar-refractivity contribution in [3.63, 3.8) is 0 Å². The Hall–Kier alpha value is -2.70. The Kier molecular flexibility index (Phi) is 6.79. The predicted molar refractivity (Wildman–Crippen MR) is 104 cm³/mol. The van der Waals surface area contributed by atoms with E-state index in [4.69, 9.17) is 4.52 Å². The molecule has 2 aromatic heterocycles. The van der Waals surface area contributed by atoms with Gasteiger partial charge in [0.2, 0.25) is 11.8 Å². The molecule has 0 bridgehead atoms. The first-order valence-corrected chi connectivity index (χ1v) is 9.91. The summed E-state index contributed by atoms with van der Waals surface area (Å²) in [5.74, 6) is 1.03. The van der Waals surface area contributed by atoms with Crippen LogP contribution in [0.1, 0.15) is 43.8 Å². The molecule has 3 heterocycles. The average molecular weight is 384 g/mol. The Morgan fingerprint density at radius 1 is 1.36 bits per heavy atom.